The fourth-order valence-electron chi connectivity index (χ4n) is 2.14. The van der Waals surface area contributed by atoms with Crippen LogP contribution < -0.4 is 10.6 Å². The molecule has 22 heavy (non-hydrogen) atoms. The van der Waals surface area contributed by atoms with E-state index in [0.29, 0.717) is 24.5 Å². The van der Waals surface area contributed by atoms with Crippen molar-refractivity contribution in [3.05, 3.63) is 58.9 Å². The molecule has 118 valence electrons. The standard InChI is InChI=1S/C16H20ClN3O2/c1-20-10-2-3-14(20)15(21)8-9-18-16(22)19-11-12-4-6-13(17)7-5-12/h2-7,10,15,21H,8-9,11H2,1H3,(H2,18,19,22). The number of benzene rings is 1. The summed E-state index contributed by atoms with van der Waals surface area (Å²) in [6.45, 7) is 0.835. The van der Waals surface area contributed by atoms with Crippen molar-refractivity contribution in [3.8, 4) is 0 Å². The summed E-state index contributed by atoms with van der Waals surface area (Å²) in [5.74, 6) is 0. The highest BCUT2D eigenvalue weighted by Crippen LogP contribution is 2.15. The highest BCUT2D eigenvalue weighted by atomic mass is 35.5. The monoisotopic (exact) mass is 321 g/mol. The lowest BCUT2D eigenvalue weighted by Crippen LogP contribution is -2.36. The first-order valence-corrected chi connectivity index (χ1v) is 7.49. The smallest absolute Gasteiger partial charge is 0.315 e. The van der Waals surface area contributed by atoms with Gasteiger partial charge in [0.25, 0.3) is 0 Å². The number of aliphatic hydroxyl groups excluding tert-OH is 1. The summed E-state index contributed by atoms with van der Waals surface area (Å²) in [5.41, 5.74) is 1.81. The molecule has 1 unspecified atom stereocenters. The molecule has 0 aliphatic heterocycles. The van der Waals surface area contributed by atoms with Gasteiger partial charge >= 0.3 is 6.03 Å². The highest BCUT2D eigenvalue weighted by Gasteiger charge is 2.10. The molecule has 1 aromatic carbocycles. The Morgan fingerprint density at radius 2 is 2.00 bits per heavy atom. The molecule has 6 heteroatoms. The van der Waals surface area contributed by atoms with Gasteiger partial charge in [-0.3, -0.25) is 0 Å². The van der Waals surface area contributed by atoms with Gasteiger partial charge in [-0.25, -0.2) is 4.79 Å². The van der Waals surface area contributed by atoms with Crippen molar-refractivity contribution in [1.82, 2.24) is 15.2 Å². The number of carbonyl (C=O) groups is 1. The van der Waals surface area contributed by atoms with Crippen LogP contribution in [0.15, 0.2) is 42.6 Å². The zero-order chi connectivity index (χ0) is 15.9. The minimum absolute atomic E-state index is 0.256. The molecule has 0 aliphatic rings. The van der Waals surface area contributed by atoms with Crippen molar-refractivity contribution in [3.63, 3.8) is 0 Å². The van der Waals surface area contributed by atoms with Gasteiger partial charge in [-0.2, -0.15) is 0 Å². The van der Waals surface area contributed by atoms with Crippen LogP contribution in [0.2, 0.25) is 5.02 Å². The molecule has 0 aliphatic carbocycles. The van der Waals surface area contributed by atoms with Crippen LogP contribution >= 0.6 is 11.6 Å². The molecule has 2 aromatic rings. The van der Waals surface area contributed by atoms with E-state index in [0.717, 1.165) is 11.3 Å². The largest absolute Gasteiger partial charge is 0.387 e. The predicted octanol–water partition coefficient (Wildman–Crippen LogP) is 2.60. The predicted molar refractivity (Wildman–Crippen MR) is 86.7 cm³/mol. The van der Waals surface area contributed by atoms with E-state index in [1.54, 1.807) is 12.1 Å². The van der Waals surface area contributed by atoms with Crippen LogP contribution in [0, 0.1) is 0 Å². The summed E-state index contributed by atoms with van der Waals surface area (Å²) in [7, 11) is 1.88. The summed E-state index contributed by atoms with van der Waals surface area (Å²) in [6, 6.07) is 10.8. The molecule has 3 N–H and O–H groups in total. The zero-order valence-electron chi connectivity index (χ0n) is 12.4. The number of amides is 2. The molecule has 5 nitrogen and oxygen atoms in total. The number of aliphatic hydroxyl groups is 1. The summed E-state index contributed by atoms with van der Waals surface area (Å²) in [6.07, 6.45) is 1.76. The van der Waals surface area contributed by atoms with Crippen LogP contribution in [-0.2, 0) is 13.6 Å². The minimum atomic E-state index is -0.587. The van der Waals surface area contributed by atoms with Crippen LogP contribution in [0.25, 0.3) is 0 Å². The summed E-state index contributed by atoms with van der Waals surface area (Å²) < 4.78 is 1.87. The highest BCUT2D eigenvalue weighted by molar-refractivity contribution is 6.30. The van der Waals surface area contributed by atoms with Gasteiger partial charge in [0.15, 0.2) is 0 Å². The average molecular weight is 322 g/mol. The van der Waals surface area contributed by atoms with Crippen LogP contribution in [-0.4, -0.2) is 22.2 Å². The van der Waals surface area contributed by atoms with Gasteiger partial charge in [-0.15, -0.1) is 0 Å². The maximum Gasteiger partial charge on any atom is 0.315 e. The number of aryl methyl sites for hydroxylation is 1. The van der Waals surface area contributed by atoms with Gasteiger partial charge in [-0.05, 0) is 36.2 Å². The average Bonchev–Trinajstić information content (AvgIpc) is 2.93. The number of hydrogen-bond donors (Lipinski definition) is 3. The Balaban J connectivity index is 1.67. The lowest BCUT2D eigenvalue weighted by atomic mass is 10.2. The van der Waals surface area contributed by atoms with Crippen molar-refractivity contribution in [2.24, 2.45) is 7.05 Å². The second-order valence-electron chi connectivity index (χ2n) is 5.08. The third kappa shape index (κ3) is 4.79. The van der Waals surface area contributed by atoms with Crippen LogP contribution in [0.3, 0.4) is 0 Å². The summed E-state index contributed by atoms with van der Waals surface area (Å²) in [5, 5.41) is 16.2. The Kier molecular flexibility index (Phi) is 5.86. The maximum atomic E-state index is 11.7. The first-order valence-electron chi connectivity index (χ1n) is 7.11. The van der Waals surface area contributed by atoms with Crippen LogP contribution in [0.4, 0.5) is 4.79 Å². The second-order valence-corrected chi connectivity index (χ2v) is 5.52. The van der Waals surface area contributed by atoms with E-state index < -0.39 is 6.10 Å². The Morgan fingerprint density at radius 3 is 2.64 bits per heavy atom. The van der Waals surface area contributed by atoms with E-state index in [1.165, 1.54) is 0 Å². The number of nitrogens with one attached hydrogen (secondary N) is 2. The number of aromatic nitrogens is 1. The quantitative estimate of drug-likeness (QED) is 0.765. The second kappa shape index (κ2) is 7.87. The molecule has 0 spiro atoms. The van der Waals surface area contributed by atoms with Crippen molar-refractivity contribution in [2.75, 3.05) is 6.54 Å². The molecule has 2 amide bonds. The summed E-state index contributed by atoms with van der Waals surface area (Å²) in [4.78, 5) is 11.7. The third-order valence-corrected chi connectivity index (χ3v) is 3.65. The van der Waals surface area contributed by atoms with Crippen LogP contribution in [0.5, 0.6) is 0 Å². The molecule has 0 bridgehead atoms. The molecular formula is C16H20ClN3O2. The van der Waals surface area contributed by atoms with Gasteiger partial charge < -0.3 is 20.3 Å². The maximum absolute atomic E-state index is 11.7. The molecule has 1 heterocycles. The van der Waals surface area contributed by atoms with Crippen LogP contribution in [0.1, 0.15) is 23.8 Å². The molecule has 0 saturated carbocycles. The third-order valence-electron chi connectivity index (χ3n) is 3.39. The lowest BCUT2D eigenvalue weighted by Gasteiger charge is -2.13. The van der Waals surface area contributed by atoms with Crippen molar-refractivity contribution in [2.45, 2.75) is 19.1 Å². The molecule has 0 fully saturated rings. The fraction of sp³-hybridized carbons (Fsp3) is 0.312. The number of hydrogen-bond acceptors (Lipinski definition) is 2. The van der Waals surface area contributed by atoms with Gasteiger partial charge in [0, 0.05) is 37.1 Å². The van der Waals surface area contributed by atoms with E-state index in [9.17, 15) is 9.90 Å². The Bertz CT molecular complexity index is 610. The van der Waals surface area contributed by atoms with E-state index >= 15 is 0 Å². The Labute approximate surface area is 134 Å². The number of rotatable bonds is 6. The van der Waals surface area contributed by atoms with E-state index in [-0.39, 0.29) is 6.03 Å². The van der Waals surface area contributed by atoms with Crippen molar-refractivity contribution < 1.29 is 9.90 Å². The topological polar surface area (TPSA) is 66.3 Å². The van der Waals surface area contributed by atoms with E-state index in [1.807, 2.05) is 42.1 Å². The molecular weight excluding hydrogens is 302 g/mol. The number of nitrogens with zero attached hydrogens (tertiary/aromatic N) is 1. The first-order chi connectivity index (χ1) is 10.6. The SMILES string of the molecule is Cn1cccc1C(O)CCNC(=O)NCc1ccc(Cl)cc1. The number of halogens is 1. The Morgan fingerprint density at radius 1 is 1.27 bits per heavy atom. The molecule has 1 atom stereocenters. The van der Waals surface area contributed by atoms with E-state index in [2.05, 4.69) is 10.6 Å². The zero-order valence-corrected chi connectivity index (χ0v) is 13.2. The van der Waals surface area contributed by atoms with E-state index in [4.69, 9.17) is 11.6 Å². The van der Waals surface area contributed by atoms with Gasteiger partial charge in [0.1, 0.15) is 0 Å². The first kappa shape index (κ1) is 16.4. The van der Waals surface area contributed by atoms with Gasteiger partial charge in [-0.1, -0.05) is 23.7 Å². The molecule has 1 aromatic heterocycles. The number of urea groups is 1. The Hall–Kier alpha value is -1.98. The molecule has 2 rings (SSSR count). The fourth-order valence-corrected chi connectivity index (χ4v) is 2.26. The molecule has 0 saturated heterocycles. The lowest BCUT2D eigenvalue weighted by molar-refractivity contribution is 0.159. The number of carbonyl (C=O) groups excluding carboxylic acids is 1. The minimum Gasteiger partial charge on any atom is -0.387 e. The van der Waals surface area contributed by atoms with Crippen molar-refractivity contribution in [1.29, 1.82) is 0 Å². The summed E-state index contributed by atoms with van der Waals surface area (Å²) >= 11 is 5.80. The van der Waals surface area contributed by atoms with Gasteiger partial charge in [0.2, 0.25) is 0 Å². The molecule has 0 radical (unpaired) electrons. The normalized spacial score (nSPS) is 12.0. The van der Waals surface area contributed by atoms with Gasteiger partial charge in [0.05, 0.1) is 6.10 Å². The van der Waals surface area contributed by atoms with Crippen molar-refractivity contribution >= 4 is 17.6 Å².